The number of carbonyl (C=O) groups excluding carboxylic acids is 1. The molecule has 2 aromatic heterocycles. The molecule has 1 amide bonds. The summed E-state index contributed by atoms with van der Waals surface area (Å²) in [6.07, 6.45) is 4.60. The maximum absolute atomic E-state index is 13.5. The van der Waals surface area contributed by atoms with Crippen LogP contribution in [0.2, 0.25) is 0 Å². The maximum Gasteiger partial charge on any atom is 0.300 e. The smallest absolute Gasteiger partial charge is 0.300 e. The van der Waals surface area contributed by atoms with Gasteiger partial charge in [0.1, 0.15) is 11.6 Å². The predicted octanol–water partition coefficient (Wildman–Crippen LogP) is 2.98. The van der Waals surface area contributed by atoms with Gasteiger partial charge in [-0.05, 0) is 36.8 Å². The molecule has 0 fully saturated rings. The van der Waals surface area contributed by atoms with Crippen molar-refractivity contribution < 1.29 is 9.18 Å². The van der Waals surface area contributed by atoms with Crippen LogP contribution in [0, 0.1) is 5.82 Å². The third kappa shape index (κ3) is 4.06. The summed E-state index contributed by atoms with van der Waals surface area (Å²) in [4.78, 5) is 24.7. The predicted molar refractivity (Wildman–Crippen MR) is 107 cm³/mol. The standard InChI is InChI=1S/C21H18FN5O2/c22-15-6-4-9-17(14-15)26-12-13-27-18(24-25-20(27)21(26)29)10-5-11-19(28)23-16-7-2-1-3-8-16/h1-4,6-9,12-14H,5,10-11H2,(H,23,28). The van der Waals surface area contributed by atoms with Crippen LogP contribution in [-0.2, 0) is 11.2 Å². The number of hydrogen-bond acceptors (Lipinski definition) is 4. The summed E-state index contributed by atoms with van der Waals surface area (Å²) in [6.45, 7) is 0. The fraction of sp³-hybridized carbons (Fsp3) is 0.143. The van der Waals surface area contributed by atoms with Gasteiger partial charge in [0.05, 0.1) is 5.69 Å². The first-order valence-corrected chi connectivity index (χ1v) is 9.18. The van der Waals surface area contributed by atoms with Gasteiger partial charge in [-0.3, -0.25) is 18.6 Å². The van der Waals surface area contributed by atoms with Gasteiger partial charge in [-0.15, -0.1) is 10.2 Å². The highest BCUT2D eigenvalue weighted by atomic mass is 19.1. The molecule has 0 unspecified atom stereocenters. The fourth-order valence-electron chi connectivity index (χ4n) is 3.09. The van der Waals surface area contributed by atoms with Crippen molar-refractivity contribution in [1.29, 1.82) is 0 Å². The van der Waals surface area contributed by atoms with Gasteiger partial charge in [-0.25, -0.2) is 4.39 Å². The Labute approximate surface area is 165 Å². The number of fused-ring (bicyclic) bond motifs is 1. The van der Waals surface area contributed by atoms with Crippen molar-refractivity contribution in [3.63, 3.8) is 0 Å². The molecule has 0 bridgehead atoms. The van der Waals surface area contributed by atoms with Gasteiger partial charge >= 0.3 is 5.56 Å². The summed E-state index contributed by atoms with van der Waals surface area (Å²) in [7, 11) is 0. The van der Waals surface area contributed by atoms with E-state index in [1.165, 1.54) is 22.8 Å². The van der Waals surface area contributed by atoms with Crippen molar-refractivity contribution in [2.24, 2.45) is 0 Å². The minimum Gasteiger partial charge on any atom is -0.326 e. The van der Waals surface area contributed by atoms with Crippen LogP contribution in [-0.4, -0.2) is 25.1 Å². The number of aryl methyl sites for hydroxylation is 1. The molecular weight excluding hydrogens is 373 g/mol. The van der Waals surface area contributed by atoms with Gasteiger partial charge in [0.15, 0.2) is 0 Å². The topological polar surface area (TPSA) is 81.3 Å². The summed E-state index contributed by atoms with van der Waals surface area (Å²) in [5.41, 5.74) is 0.933. The molecular formula is C21H18FN5O2. The van der Waals surface area contributed by atoms with E-state index in [2.05, 4.69) is 15.5 Å². The van der Waals surface area contributed by atoms with Gasteiger partial charge < -0.3 is 5.32 Å². The first-order valence-electron chi connectivity index (χ1n) is 9.18. The molecule has 0 aliphatic heterocycles. The van der Waals surface area contributed by atoms with Gasteiger partial charge in [0.25, 0.3) is 0 Å². The third-order valence-corrected chi connectivity index (χ3v) is 4.49. The van der Waals surface area contributed by atoms with Crippen LogP contribution in [0.1, 0.15) is 18.7 Å². The molecule has 0 aliphatic carbocycles. The van der Waals surface area contributed by atoms with Crippen molar-refractivity contribution in [2.45, 2.75) is 19.3 Å². The number of amides is 1. The molecule has 0 spiro atoms. The largest absolute Gasteiger partial charge is 0.326 e. The lowest BCUT2D eigenvalue weighted by molar-refractivity contribution is -0.116. The Morgan fingerprint density at radius 3 is 2.66 bits per heavy atom. The molecule has 29 heavy (non-hydrogen) atoms. The number of anilines is 1. The van der Waals surface area contributed by atoms with Gasteiger partial charge in [0.2, 0.25) is 11.6 Å². The van der Waals surface area contributed by atoms with Gasteiger partial charge in [-0.1, -0.05) is 24.3 Å². The summed E-state index contributed by atoms with van der Waals surface area (Å²) in [5.74, 6) is 0.0830. The molecule has 2 aromatic carbocycles. The Morgan fingerprint density at radius 1 is 1.03 bits per heavy atom. The SMILES string of the molecule is O=C(CCCc1nnc2c(=O)n(-c3cccc(F)c3)ccn12)Nc1ccccc1. The van der Waals surface area contributed by atoms with E-state index >= 15 is 0 Å². The van der Waals surface area contributed by atoms with Crippen LogP contribution < -0.4 is 10.9 Å². The first-order chi connectivity index (χ1) is 14.1. The van der Waals surface area contributed by atoms with Crippen molar-refractivity contribution in [3.05, 3.63) is 89.0 Å². The number of aromatic nitrogens is 4. The second-order valence-electron chi connectivity index (χ2n) is 6.53. The number of benzene rings is 2. The molecule has 0 saturated carbocycles. The number of halogens is 1. The highest BCUT2D eigenvalue weighted by Gasteiger charge is 2.12. The zero-order valence-electron chi connectivity index (χ0n) is 15.5. The highest BCUT2D eigenvalue weighted by molar-refractivity contribution is 5.90. The van der Waals surface area contributed by atoms with Crippen LogP contribution in [0.5, 0.6) is 0 Å². The van der Waals surface area contributed by atoms with E-state index in [1.54, 1.807) is 22.9 Å². The van der Waals surface area contributed by atoms with Gasteiger partial charge in [-0.2, -0.15) is 0 Å². The normalized spacial score (nSPS) is 10.9. The third-order valence-electron chi connectivity index (χ3n) is 4.49. The Balaban J connectivity index is 1.46. The molecule has 4 aromatic rings. The van der Waals surface area contributed by atoms with Crippen LogP contribution in [0.3, 0.4) is 0 Å². The number of rotatable bonds is 6. The summed E-state index contributed by atoms with van der Waals surface area (Å²) in [5, 5.41) is 10.9. The minimum absolute atomic E-state index is 0.0847. The summed E-state index contributed by atoms with van der Waals surface area (Å²) >= 11 is 0. The number of para-hydroxylation sites is 1. The van der Waals surface area contributed by atoms with E-state index in [1.807, 2.05) is 30.3 Å². The van der Waals surface area contributed by atoms with Crippen LogP contribution in [0.4, 0.5) is 10.1 Å². The minimum atomic E-state index is -0.426. The highest BCUT2D eigenvalue weighted by Crippen LogP contribution is 2.11. The average Bonchev–Trinajstić information content (AvgIpc) is 3.13. The number of nitrogens with zero attached hydrogens (tertiary/aromatic N) is 4. The van der Waals surface area contributed by atoms with Crippen LogP contribution in [0.15, 0.2) is 71.8 Å². The van der Waals surface area contributed by atoms with Crippen molar-refractivity contribution in [1.82, 2.24) is 19.2 Å². The molecule has 0 atom stereocenters. The molecule has 1 N–H and O–H groups in total. The molecule has 146 valence electrons. The lowest BCUT2D eigenvalue weighted by Crippen LogP contribution is -2.20. The van der Waals surface area contributed by atoms with E-state index < -0.39 is 11.4 Å². The molecule has 0 saturated heterocycles. The molecule has 2 heterocycles. The lowest BCUT2D eigenvalue weighted by Gasteiger charge is -2.07. The van der Waals surface area contributed by atoms with E-state index in [0.29, 0.717) is 30.8 Å². The monoisotopic (exact) mass is 391 g/mol. The Morgan fingerprint density at radius 2 is 1.86 bits per heavy atom. The van der Waals surface area contributed by atoms with Crippen LogP contribution >= 0.6 is 0 Å². The molecule has 7 nitrogen and oxygen atoms in total. The second-order valence-corrected chi connectivity index (χ2v) is 6.53. The lowest BCUT2D eigenvalue weighted by atomic mass is 10.2. The number of carbonyl (C=O) groups is 1. The Kier molecular flexibility index (Phi) is 5.15. The van der Waals surface area contributed by atoms with Crippen molar-refractivity contribution in [2.75, 3.05) is 5.32 Å². The Bertz CT molecular complexity index is 1220. The van der Waals surface area contributed by atoms with E-state index in [4.69, 9.17) is 0 Å². The summed E-state index contributed by atoms with van der Waals surface area (Å²) in [6, 6.07) is 15.0. The van der Waals surface area contributed by atoms with E-state index in [0.717, 1.165) is 5.69 Å². The van der Waals surface area contributed by atoms with Crippen molar-refractivity contribution in [3.8, 4) is 5.69 Å². The zero-order chi connectivity index (χ0) is 20.2. The molecule has 8 heteroatoms. The fourth-order valence-corrected chi connectivity index (χ4v) is 3.09. The van der Waals surface area contributed by atoms with E-state index in [-0.39, 0.29) is 11.6 Å². The Hall–Kier alpha value is -3.81. The molecule has 0 aliphatic rings. The average molecular weight is 391 g/mol. The number of hydrogen-bond donors (Lipinski definition) is 1. The zero-order valence-corrected chi connectivity index (χ0v) is 15.5. The maximum atomic E-state index is 13.5. The molecule has 4 rings (SSSR count). The van der Waals surface area contributed by atoms with E-state index in [9.17, 15) is 14.0 Å². The quantitative estimate of drug-likeness (QED) is 0.548. The molecule has 0 radical (unpaired) electrons. The number of nitrogens with one attached hydrogen (secondary N) is 1. The first kappa shape index (κ1) is 18.5. The van der Waals surface area contributed by atoms with Gasteiger partial charge in [0, 0.05) is 30.9 Å². The second kappa shape index (κ2) is 8.05. The van der Waals surface area contributed by atoms with Crippen molar-refractivity contribution >= 4 is 17.2 Å². The van der Waals surface area contributed by atoms with Crippen LogP contribution in [0.25, 0.3) is 11.3 Å². The summed E-state index contributed by atoms with van der Waals surface area (Å²) < 4.78 is 16.4.